The summed E-state index contributed by atoms with van der Waals surface area (Å²) < 4.78 is 10.6. The van der Waals surface area contributed by atoms with E-state index in [9.17, 15) is 0 Å². The van der Waals surface area contributed by atoms with E-state index in [-0.39, 0.29) is 0 Å². The van der Waals surface area contributed by atoms with Crippen molar-refractivity contribution in [3.63, 3.8) is 0 Å². The van der Waals surface area contributed by atoms with Gasteiger partial charge in [-0.2, -0.15) is 12.6 Å². The summed E-state index contributed by atoms with van der Waals surface area (Å²) in [5.41, 5.74) is 4.37. The molecule has 128 valence electrons. The summed E-state index contributed by atoms with van der Waals surface area (Å²) in [4.78, 5) is 2.20. The van der Waals surface area contributed by atoms with Gasteiger partial charge in [0.25, 0.3) is 0 Å². The highest BCUT2D eigenvalue weighted by atomic mass is 32.1. The number of thiol groups is 1. The maximum Gasteiger partial charge on any atom is 0.119 e. The monoisotopic (exact) mass is 351 g/mol. The van der Waals surface area contributed by atoms with Crippen molar-refractivity contribution >= 4 is 29.7 Å². The molecule has 0 radical (unpaired) electrons. The second-order valence-corrected chi connectivity index (χ2v) is 5.88. The molecule has 0 bridgehead atoms. The second-order valence-electron chi connectivity index (χ2n) is 5.56. The van der Waals surface area contributed by atoms with Crippen molar-refractivity contribution in [1.82, 2.24) is 0 Å². The molecule has 0 unspecified atom stereocenters. The van der Waals surface area contributed by atoms with Gasteiger partial charge < -0.3 is 14.4 Å². The number of anilines is 3. The molecule has 0 aliphatic heterocycles. The van der Waals surface area contributed by atoms with Gasteiger partial charge >= 0.3 is 0 Å². The average Bonchev–Trinajstić information content (AvgIpc) is 2.69. The topological polar surface area (TPSA) is 21.7 Å². The van der Waals surface area contributed by atoms with Crippen LogP contribution in [0.25, 0.3) is 0 Å². The molecule has 3 nitrogen and oxygen atoms in total. The third kappa shape index (κ3) is 3.91. The predicted molar refractivity (Wildman–Crippen MR) is 107 cm³/mol. The summed E-state index contributed by atoms with van der Waals surface area (Å²) in [6, 6.07) is 24.5. The summed E-state index contributed by atoms with van der Waals surface area (Å²) in [6.45, 7) is 0. The van der Waals surface area contributed by atoms with Crippen LogP contribution < -0.4 is 14.4 Å². The Morgan fingerprint density at radius 3 is 1.68 bits per heavy atom. The molecule has 4 heteroatoms. The van der Waals surface area contributed by atoms with Gasteiger partial charge in [0, 0.05) is 22.8 Å². The van der Waals surface area contributed by atoms with Crippen LogP contribution in [0.4, 0.5) is 17.1 Å². The molecule has 0 saturated heterocycles. The van der Waals surface area contributed by atoms with E-state index in [1.165, 1.54) is 5.56 Å². The Morgan fingerprint density at radius 1 is 0.720 bits per heavy atom. The van der Waals surface area contributed by atoms with Gasteiger partial charge in [-0.15, -0.1) is 0 Å². The van der Waals surface area contributed by atoms with Crippen LogP contribution in [-0.4, -0.2) is 14.2 Å². The van der Waals surface area contributed by atoms with E-state index in [2.05, 4.69) is 66.1 Å². The van der Waals surface area contributed by atoms with Gasteiger partial charge in [-0.1, -0.05) is 12.1 Å². The Bertz CT molecular complexity index is 769. The molecule has 0 atom stereocenters. The molecule has 0 aromatic heterocycles. The fourth-order valence-corrected chi connectivity index (χ4v) is 2.90. The third-order valence-corrected chi connectivity index (χ3v) is 4.38. The van der Waals surface area contributed by atoms with E-state index in [1.54, 1.807) is 14.2 Å². The van der Waals surface area contributed by atoms with Crippen LogP contribution in [-0.2, 0) is 5.75 Å². The van der Waals surface area contributed by atoms with Crippen LogP contribution in [0.15, 0.2) is 72.8 Å². The Kier molecular flexibility index (Phi) is 5.51. The van der Waals surface area contributed by atoms with Crippen molar-refractivity contribution in [2.24, 2.45) is 0 Å². The first-order chi connectivity index (χ1) is 12.2. The fraction of sp³-hybridized carbons (Fsp3) is 0.143. The van der Waals surface area contributed by atoms with Crippen LogP contribution in [0.5, 0.6) is 11.5 Å². The second kappa shape index (κ2) is 7.99. The van der Waals surface area contributed by atoms with Gasteiger partial charge in [-0.3, -0.25) is 0 Å². The minimum Gasteiger partial charge on any atom is -0.497 e. The van der Waals surface area contributed by atoms with E-state index in [0.29, 0.717) is 5.75 Å². The lowest BCUT2D eigenvalue weighted by Gasteiger charge is -2.26. The molecular weight excluding hydrogens is 330 g/mol. The highest BCUT2D eigenvalue weighted by Gasteiger charge is 2.13. The predicted octanol–water partition coefficient (Wildman–Crippen LogP) is 5.60. The highest BCUT2D eigenvalue weighted by molar-refractivity contribution is 7.79. The zero-order valence-corrected chi connectivity index (χ0v) is 15.2. The van der Waals surface area contributed by atoms with Gasteiger partial charge in [0.2, 0.25) is 0 Å². The molecule has 3 aromatic rings. The zero-order valence-electron chi connectivity index (χ0n) is 14.3. The molecule has 0 N–H and O–H groups in total. The number of hydrogen-bond acceptors (Lipinski definition) is 4. The molecule has 0 aliphatic rings. The van der Waals surface area contributed by atoms with Crippen LogP contribution in [0.1, 0.15) is 5.56 Å². The van der Waals surface area contributed by atoms with Crippen molar-refractivity contribution in [3.05, 3.63) is 78.4 Å². The lowest BCUT2D eigenvalue weighted by molar-refractivity contribution is 0.415. The quantitative estimate of drug-likeness (QED) is 0.584. The van der Waals surface area contributed by atoms with E-state index in [1.807, 2.05) is 24.3 Å². The summed E-state index contributed by atoms with van der Waals surface area (Å²) in [5, 5.41) is 0. The van der Waals surface area contributed by atoms with Gasteiger partial charge in [-0.25, -0.2) is 0 Å². The molecule has 0 spiro atoms. The van der Waals surface area contributed by atoms with Crippen LogP contribution >= 0.6 is 12.6 Å². The number of hydrogen-bond donors (Lipinski definition) is 1. The largest absolute Gasteiger partial charge is 0.497 e. The molecular formula is C21H21NO2S. The third-order valence-electron chi connectivity index (χ3n) is 4.01. The van der Waals surface area contributed by atoms with E-state index < -0.39 is 0 Å². The van der Waals surface area contributed by atoms with E-state index in [4.69, 9.17) is 9.47 Å². The normalized spacial score (nSPS) is 10.4. The zero-order chi connectivity index (χ0) is 17.6. The maximum absolute atomic E-state index is 5.28. The minimum absolute atomic E-state index is 0.701. The maximum atomic E-state index is 5.28. The lowest BCUT2D eigenvalue weighted by Crippen LogP contribution is -2.10. The van der Waals surface area contributed by atoms with Crippen LogP contribution in [0.3, 0.4) is 0 Å². The average molecular weight is 351 g/mol. The van der Waals surface area contributed by atoms with Crippen molar-refractivity contribution in [2.75, 3.05) is 19.1 Å². The van der Waals surface area contributed by atoms with Gasteiger partial charge in [0.15, 0.2) is 0 Å². The molecule has 0 saturated carbocycles. The number of ether oxygens (including phenoxy) is 2. The van der Waals surface area contributed by atoms with Crippen molar-refractivity contribution in [3.8, 4) is 11.5 Å². The molecule has 25 heavy (non-hydrogen) atoms. The Balaban J connectivity index is 2.08. The van der Waals surface area contributed by atoms with Crippen molar-refractivity contribution in [2.45, 2.75) is 5.75 Å². The standard InChI is InChI=1S/C21H21NO2S/c1-23-20-10-6-17(7-11-20)22(18-8-12-21(24-2)13-9-18)19-5-3-4-16(14-19)15-25/h3-14,25H,15H2,1-2H3. The summed E-state index contributed by atoms with van der Waals surface area (Å²) in [5.74, 6) is 2.37. The van der Waals surface area contributed by atoms with Gasteiger partial charge in [-0.05, 0) is 66.2 Å². The van der Waals surface area contributed by atoms with Gasteiger partial charge in [0.1, 0.15) is 11.5 Å². The number of benzene rings is 3. The number of nitrogens with zero attached hydrogens (tertiary/aromatic N) is 1. The Hall–Kier alpha value is -2.59. The van der Waals surface area contributed by atoms with E-state index in [0.717, 1.165) is 28.6 Å². The number of methoxy groups -OCH3 is 2. The van der Waals surface area contributed by atoms with Crippen LogP contribution in [0, 0.1) is 0 Å². The number of rotatable bonds is 6. The van der Waals surface area contributed by atoms with Crippen molar-refractivity contribution < 1.29 is 9.47 Å². The molecule has 0 heterocycles. The molecule has 0 aliphatic carbocycles. The first-order valence-corrected chi connectivity index (χ1v) is 8.66. The summed E-state index contributed by atoms with van der Waals surface area (Å²) in [7, 11) is 3.35. The van der Waals surface area contributed by atoms with Crippen molar-refractivity contribution in [1.29, 1.82) is 0 Å². The molecule has 0 fully saturated rings. The summed E-state index contributed by atoms with van der Waals surface area (Å²) in [6.07, 6.45) is 0. The first-order valence-electron chi connectivity index (χ1n) is 8.03. The molecule has 3 rings (SSSR count). The van der Waals surface area contributed by atoms with Crippen LogP contribution in [0.2, 0.25) is 0 Å². The highest BCUT2D eigenvalue weighted by Crippen LogP contribution is 2.36. The Morgan fingerprint density at radius 2 is 1.24 bits per heavy atom. The molecule has 3 aromatic carbocycles. The smallest absolute Gasteiger partial charge is 0.119 e. The van der Waals surface area contributed by atoms with E-state index >= 15 is 0 Å². The molecule has 0 amide bonds. The fourth-order valence-electron chi connectivity index (χ4n) is 2.70. The first kappa shape index (κ1) is 17.2. The summed E-state index contributed by atoms with van der Waals surface area (Å²) >= 11 is 4.40. The SMILES string of the molecule is COc1ccc(N(c2ccc(OC)cc2)c2cccc(CS)c2)cc1. The Labute approximate surface area is 154 Å². The lowest BCUT2D eigenvalue weighted by atomic mass is 10.1. The minimum atomic E-state index is 0.701. The van der Waals surface area contributed by atoms with Gasteiger partial charge in [0.05, 0.1) is 14.2 Å².